The number of methoxy groups -OCH3 is 1. The molecule has 0 radical (unpaired) electrons. The molecule has 16 heavy (non-hydrogen) atoms. The van der Waals surface area contributed by atoms with E-state index in [2.05, 4.69) is 15.5 Å². The molecule has 1 aromatic heterocycles. The predicted molar refractivity (Wildman–Crippen MR) is 55.9 cm³/mol. The number of rotatable bonds is 4. The zero-order valence-electron chi connectivity index (χ0n) is 9.56. The molecule has 2 unspecified atom stereocenters. The maximum Gasteiger partial charge on any atom is 0.259 e. The summed E-state index contributed by atoms with van der Waals surface area (Å²) in [5.41, 5.74) is -0.998. The summed E-state index contributed by atoms with van der Waals surface area (Å²) in [4.78, 5) is 4.20. The van der Waals surface area contributed by atoms with Crippen molar-refractivity contribution in [2.75, 3.05) is 20.2 Å². The lowest BCUT2D eigenvalue weighted by molar-refractivity contribution is 0.0243. The van der Waals surface area contributed by atoms with E-state index in [1.54, 1.807) is 7.11 Å². The van der Waals surface area contributed by atoms with E-state index in [1.807, 2.05) is 6.92 Å². The normalized spacial score (nSPS) is 27.2. The second-order valence-corrected chi connectivity index (χ2v) is 4.22. The van der Waals surface area contributed by atoms with Crippen molar-refractivity contribution in [1.82, 2.24) is 15.5 Å². The number of aromatic nitrogens is 2. The van der Waals surface area contributed by atoms with Gasteiger partial charge in [0.15, 0.2) is 11.4 Å². The number of ether oxygens (including phenoxy) is 1. The smallest absolute Gasteiger partial charge is 0.259 e. The third-order valence-electron chi connectivity index (χ3n) is 2.87. The van der Waals surface area contributed by atoms with Gasteiger partial charge in [0.25, 0.3) is 5.89 Å². The minimum atomic E-state index is -0.998. The first kappa shape index (κ1) is 11.5. The van der Waals surface area contributed by atoms with Crippen LogP contribution in [0, 0.1) is 0 Å². The van der Waals surface area contributed by atoms with Crippen LogP contribution in [0.25, 0.3) is 0 Å². The number of aliphatic hydroxyl groups is 1. The van der Waals surface area contributed by atoms with E-state index in [0.717, 1.165) is 6.54 Å². The lowest BCUT2D eigenvalue weighted by Gasteiger charge is -2.14. The molecule has 1 fully saturated rings. The van der Waals surface area contributed by atoms with Gasteiger partial charge in [0, 0.05) is 20.1 Å². The highest BCUT2D eigenvalue weighted by Gasteiger charge is 2.38. The number of hydrogen-bond donors (Lipinski definition) is 2. The van der Waals surface area contributed by atoms with E-state index in [4.69, 9.17) is 9.26 Å². The van der Waals surface area contributed by atoms with E-state index < -0.39 is 5.60 Å². The molecule has 2 N–H and O–H groups in total. The molecule has 0 aromatic carbocycles. The van der Waals surface area contributed by atoms with Crippen molar-refractivity contribution in [2.24, 2.45) is 0 Å². The summed E-state index contributed by atoms with van der Waals surface area (Å²) in [5.74, 6) is 0.875. The molecule has 2 heterocycles. The number of β-amino-alcohol motifs (C(OH)–C–C–N with tert-alkyl or cyclic N) is 1. The van der Waals surface area contributed by atoms with Gasteiger partial charge in [-0.15, -0.1) is 0 Å². The minimum absolute atomic E-state index is 0.0433. The van der Waals surface area contributed by atoms with Gasteiger partial charge in [-0.2, -0.15) is 4.98 Å². The van der Waals surface area contributed by atoms with E-state index >= 15 is 0 Å². The Morgan fingerprint density at radius 3 is 3.12 bits per heavy atom. The monoisotopic (exact) mass is 227 g/mol. The molecule has 0 spiro atoms. The van der Waals surface area contributed by atoms with Crippen LogP contribution in [-0.4, -0.2) is 41.6 Å². The molecule has 90 valence electrons. The van der Waals surface area contributed by atoms with Crippen LogP contribution < -0.4 is 5.32 Å². The Morgan fingerprint density at radius 1 is 1.69 bits per heavy atom. The zero-order chi connectivity index (χ0) is 11.6. The molecule has 2 atom stereocenters. The molecule has 0 saturated carbocycles. The fourth-order valence-electron chi connectivity index (χ4n) is 1.73. The fourth-order valence-corrected chi connectivity index (χ4v) is 1.73. The Morgan fingerprint density at radius 2 is 2.50 bits per heavy atom. The van der Waals surface area contributed by atoms with Crippen LogP contribution in [0.5, 0.6) is 0 Å². The van der Waals surface area contributed by atoms with Crippen LogP contribution in [0.15, 0.2) is 4.52 Å². The number of nitrogens with one attached hydrogen (secondary N) is 1. The largest absolute Gasteiger partial charge is 0.381 e. The Bertz CT molecular complexity index is 347. The predicted octanol–water partition coefficient (Wildman–Crippen LogP) is -0.172. The summed E-state index contributed by atoms with van der Waals surface area (Å²) in [6.45, 7) is 3.17. The molecule has 0 amide bonds. The molecule has 1 aliphatic heterocycles. The molecule has 0 bridgehead atoms. The van der Waals surface area contributed by atoms with Crippen molar-refractivity contribution in [3.8, 4) is 0 Å². The van der Waals surface area contributed by atoms with Crippen LogP contribution in [0.1, 0.15) is 25.1 Å². The fraction of sp³-hybridized carbons (Fsp3) is 0.800. The number of hydrogen-bond acceptors (Lipinski definition) is 6. The molecule has 1 aliphatic rings. The molecule has 2 rings (SSSR count). The molecule has 1 saturated heterocycles. The first-order valence-corrected chi connectivity index (χ1v) is 5.43. The summed E-state index contributed by atoms with van der Waals surface area (Å²) in [6, 6.07) is 0. The summed E-state index contributed by atoms with van der Waals surface area (Å²) < 4.78 is 10.2. The average Bonchev–Trinajstić information content (AvgIpc) is 2.88. The van der Waals surface area contributed by atoms with Crippen molar-refractivity contribution in [2.45, 2.75) is 31.5 Å². The van der Waals surface area contributed by atoms with Crippen LogP contribution >= 0.6 is 0 Å². The summed E-state index contributed by atoms with van der Waals surface area (Å²) >= 11 is 0. The second kappa shape index (κ2) is 4.48. The van der Waals surface area contributed by atoms with Gasteiger partial charge in [-0.25, -0.2) is 0 Å². The lowest BCUT2D eigenvalue weighted by Crippen LogP contribution is -2.28. The Balaban J connectivity index is 2.07. The first-order valence-electron chi connectivity index (χ1n) is 5.43. The van der Waals surface area contributed by atoms with Crippen molar-refractivity contribution < 1.29 is 14.4 Å². The molecule has 1 aromatic rings. The molecular formula is C10H17N3O3. The summed E-state index contributed by atoms with van der Waals surface area (Å²) in [7, 11) is 1.64. The van der Waals surface area contributed by atoms with Crippen LogP contribution in [0.3, 0.4) is 0 Å². The van der Waals surface area contributed by atoms with E-state index in [0.29, 0.717) is 31.1 Å². The van der Waals surface area contributed by atoms with Crippen LogP contribution in [0.2, 0.25) is 0 Å². The lowest BCUT2D eigenvalue weighted by atomic mass is 10.0. The van der Waals surface area contributed by atoms with Gasteiger partial charge in [-0.1, -0.05) is 5.16 Å². The standard InChI is InChI=1S/C10H17N3O3/c1-7(15-2)5-8-12-9(16-13-8)10(14)3-4-11-6-10/h7,11,14H,3-6H2,1-2H3. The number of nitrogens with zero attached hydrogens (tertiary/aromatic N) is 2. The van der Waals surface area contributed by atoms with Gasteiger partial charge >= 0.3 is 0 Å². The quantitative estimate of drug-likeness (QED) is 0.743. The average molecular weight is 227 g/mol. The van der Waals surface area contributed by atoms with Gasteiger partial charge in [0.05, 0.1) is 6.10 Å². The molecule has 0 aliphatic carbocycles. The van der Waals surface area contributed by atoms with E-state index in [9.17, 15) is 5.11 Å². The highest BCUT2D eigenvalue weighted by atomic mass is 16.5. The first-order chi connectivity index (χ1) is 7.64. The van der Waals surface area contributed by atoms with Crippen LogP contribution in [-0.2, 0) is 16.8 Å². The Hall–Kier alpha value is -0.980. The third-order valence-corrected chi connectivity index (χ3v) is 2.87. The molecule has 6 heteroatoms. The molecular weight excluding hydrogens is 210 g/mol. The summed E-state index contributed by atoms with van der Waals surface area (Å²) in [5, 5.41) is 17.1. The Kier molecular flexibility index (Phi) is 3.22. The summed E-state index contributed by atoms with van der Waals surface area (Å²) in [6.07, 6.45) is 1.24. The maximum atomic E-state index is 10.2. The SMILES string of the molecule is COC(C)Cc1noc(C2(O)CCNC2)n1. The zero-order valence-corrected chi connectivity index (χ0v) is 9.56. The van der Waals surface area contributed by atoms with Crippen molar-refractivity contribution in [3.63, 3.8) is 0 Å². The maximum absolute atomic E-state index is 10.2. The highest BCUT2D eigenvalue weighted by molar-refractivity contribution is 5.03. The Labute approximate surface area is 94.0 Å². The van der Waals surface area contributed by atoms with Crippen molar-refractivity contribution in [3.05, 3.63) is 11.7 Å². The van der Waals surface area contributed by atoms with Gasteiger partial charge in [0.2, 0.25) is 0 Å². The van der Waals surface area contributed by atoms with E-state index in [1.165, 1.54) is 0 Å². The van der Waals surface area contributed by atoms with Crippen LogP contribution in [0.4, 0.5) is 0 Å². The second-order valence-electron chi connectivity index (χ2n) is 4.22. The molecule has 6 nitrogen and oxygen atoms in total. The minimum Gasteiger partial charge on any atom is -0.381 e. The van der Waals surface area contributed by atoms with Gasteiger partial charge in [-0.05, 0) is 19.9 Å². The van der Waals surface area contributed by atoms with Crippen molar-refractivity contribution >= 4 is 0 Å². The topological polar surface area (TPSA) is 80.4 Å². The van der Waals surface area contributed by atoms with E-state index in [-0.39, 0.29) is 6.10 Å². The van der Waals surface area contributed by atoms with Gasteiger partial charge in [0.1, 0.15) is 0 Å². The van der Waals surface area contributed by atoms with Crippen molar-refractivity contribution in [1.29, 1.82) is 0 Å². The highest BCUT2D eigenvalue weighted by Crippen LogP contribution is 2.26. The van der Waals surface area contributed by atoms with Gasteiger partial charge in [-0.3, -0.25) is 0 Å². The third kappa shape index (κ3) is 2.23. The van der Waals surface area contributed by atoms with Gasteiger partial charge < -0.3 is 19.7 Å².